The smallest absolute Gasteiger partial charge is 0.289 e. The lowest BCUT2D eigenvalue weighted by atomic mass is 10.1. The minimum Gasteiger partial charge on any atom is -0.497 e. The molecule has 2 rings (SSSR count). The van der Waals surface area contributed by atoms with E-state index >= 15 is 0 Å². The summed E-state index contributed by atoms with van der Waals surface area (Å²) in [5.74, 6) is 0.682. The molecule has 0 unspecified atom stereocenters. The minimum atomic E-state index is -1.69. The van der Waals surface area contributed by atoms with Crippen molar-refractivity contribution in [2.45, 2.75) is 6.42 Å². The number of benzene rings is 2. The van der Waals surface area contributed by atoms with Gasteiger partial charge in [0.15, 0.2) is 0 Å². The molecule has 0 radical (unpaired) electrons. The maximum absolute atomic E-state index is 13.6. The van der Waals surface area contributed by atoms with Crippen LogP contribution in [0.5, 0.6) is 5.75 Å². The van der Waals surface area contributed by atoms with Crippen molar-refractivity contribution in [3.8, 4) is 5.75 Å². The minimum absolute atomic E-state index is 0.0266. The van der Waals surface area contributed by atoms with Gasteiger partial charge in [-0.25, -0.2) is 0 Å². The van der Waals surface area contributed by atoms with E-state index in [-0.39, 0.29) is 12.1 Å². The SMILES string of the molecule is C=CCN(C(Cc1ccccc1)=C(F)F)c1ccc(OC)cc1. The molecule has 0 spiro atoms. The van der Waals surface area contributed by atoms with Crippen molar-refractivity contribution >= 4 is 5.69 Å². The number of anilines is 1. The van der Waals surface area contributed by atoms with Crippen LogP contribution in [0.4, 0.5) is 14.5 Å². The average molecular weight is 315 g/mol. The van der Waals surface area contributed by atoms with E-state index < -0.39 is 6.08 Å². The van der Waals surface area contributed by atoms with Crippen LogP contribution in [-0.4, -0.2) is 13.7 Å². The Hall–Kier alpha value is -2.62. The Morgan fingerprint density at radius 2 is 1.74 bits per heavy atom. The van der Waals surface area contributed by atoms with Crippen LogP contribution in [0, 0.1) is 0 Å². The van der Waals surface area contributed by atoms with E-state index in [0.717, 1.165) is 5.56 Å². The van der Waals surface area contributed by atoms with E-state index in [1.807, 2.05) is 30.3 Å². The van der Waals surface area contributed by atoms with Gasteiger partial charge in [0.1, 0.15) is 5.75 Å². The van der Waals surface area contributed by atoms with Gasteiger partial charge in [0.25, 0.3) is 6.08 Å². The first-order chi connectivity index (χ1) is 11.2. The van der Waals surface area contributed by atoms with Gasteiger partial charge >= 0.3 is 0 Å². The third kappa shape index (κ3) is 4.42. The second-order valence-electron chi connectivity index (χ2n) is 4.97. The van der Waals surface area contributed by atoms with Gasteiger partial charge in [-0.2, -0.15) is 8.78 Å². The van der Waals surface area contributed by atoms with Crippen LogP contribution in [0.15, 0.2) is 79.0 Å². The van der Waals surface area contributed by atoms with Gasteiger partial charge < -0.3 is 9.64 Å². The summed E-state index contributed by atoms with van der Waals surface area (Å²) < 4.78 is 32.3. The van der Waals surface area contributed by atoms with Crippen molar-refractivity contribution in [1.82, 2.24) is 0 Å². The van der Waals surface area contributed by atoms with Crippen molar-refractivity contribution in [2.24, 2.45) is 0 Å². The molecule has 0 aliphatic carbocycles. The molecule has 0 saturated heterocycles. The summed E-state index contributed by atoms with van der Waals surface area (Å²) in [6.07, 6.45) is 0.0767. The van der Waals surface area contributed by atoms with Crippen LogP contribution in [0.1, 0.15) is 5.56 Å². The molecule has 0 aliphatic heterocycles. The highest BCUT2D eigenvalue weighted by molar-refractivity contribution is 5.55. The predicted molar refractivity (Wildman–Crippen MR) is 89.9 cm³/mol. The van der Waals surface area contributed by atoms with Gasteiger partial charge in [0.05, 0.1) is 12.8 Å². The molecule has 2 aromatic carbocycles. The number of hydrogen-bond donors (Lipinski definition) is 0. The first-order valence-corrected chi connectivity index (χ1v) is 7.26. The lowest BCUT2D eigenvalue weighted by molar-refractivity contribution is 0.406. The van der Waals surface area contributed by atoms with Crippen molar-refractivity contribution in [3.63, 3.8) is 0 Å². The van der Waals surface area contributed by atoms with E-state index in [0.29, 0.717) is 18.0 Å². The Kier molecular flexibility index (Phi) is 5.92. The maximum atomic E-state index is 13.6. The van der Waals surface area contributed by atoms with Crippen molar-refractivity contribution in [2.75, 3.05) is 18.6 Å². The fourth-order valence-electron chi connectivity index (χ4n) is 2.32. The van der Waals surface area contributed by atoms with E-state index in [9.17, 15) is 8.78 Å². The predicted octanol–water partition coefficient (Wildman–Crippen LogP) is 5.04. The maximum Gasteiger partial charge on any atom is 0.289 e. The Morgan fingerprint density at radius 3 is 2.26 bits per heavy atom. The molecule has 2 nitrogen and oxygen atoms in total. The first-order valence-electron chi connectivity index (χ1n) is 7.26. The molecule has 0 saturated carbocycles. The molecule has 0 atom stereocenters. The average Bonchev–Trinajstić information content (AvgIpc) is 2.59. The fourth-order valence-corrected chi connectivity index (χ4v) is 2.32. The molecule has 0 aliphatic rings. The molecule has 2 aromatic rings. The second-order valence-corrected chi connectivity index (χ2v) is 4.97. The Labute approximate surface area is 135 Å². The van der Waals surface area contributed by atoms with Crippen LogP contribution < -0.4 is 9.64 Å². The molecule has 23 heavy (non-hydrogen) atoms. The molecular formula is C19H19F2NO. The molecule has 120 valence electrons. The van der Waals surface area contributed by atoms with Gasteiger partial charge in [-0.15, -0.1) is 6.58 Å². The van der Waals surface area contributed by atoms with E-state index in [1.54, 1.807) is 42.4 Å². The number of halogens is 2. The number of ether oxygens (including phenoxy) is 1. The standard InChI is InChI=1S/C19H19F2NO/c1-3-13-22(16-9-11-17(23-2)12-10-16)18(19(20)21)14-15-7-5-4-6-8-15/h3-12H,1,13-14H2,2H3. The van der Waals surface area contributed by atoms with Crippen molar-refractivity contribution in [1.29, 1.82) is 0 Å². The Bertz CT molecular complexity index is 662. The summed E-state index contributed by atoms with van der Waals surface area (Å²) in [5.41, 5.74) is 1.48. The summed E-state index contributed by atoms with van der Waals surface area (Å²) in [7, 11) is 1.57. The van der Waals surface area contributed by atoms with Crippen LogP contribution in [-0.2, 0) is 6.42 Å². The summed E-state index contributed by atoms with van der Waals surface area (Å²) in [6, 6.07) is 16.2. The van der Waals surface area contributed by atoms with Crippen molar-refractivity contribution < 1.29 is 13.5 Å². The van der Waals surface area contributed by atoms with E-state index in [1.165, 1.54) is 0 Å². The van der Waals surface area contributed by atoms with Crippen LogP contribution in [0.3, 0.4) is 0 Å². The van der Waals surface area contributed by atoms with Crippen LogP contribution in [0.2, 0.25) is 0 Å². The van der Waals surface area contributed by atoms with E-state index in [2.05, 4.69) is 6.58 Å². The second kappa shape index (κ2) is 8.13. The van der Waals surface area contributed by atoms with Gasteiger partial charge in [0, 0.05) is 18.7 Å². The van der Waals surface area contributed by atoms with Gasteiger partial charge in [-0.1, -0.05) is 36.4 Å². The Morgan fingerprint density at radius 1 is 1.09 bits per heavy atom. The quantitative estimate of drug-likeness (QED) is 0.664. The molecule has 0 heterocycles. The van der Waals surface area contributed by atoms with Gasteiger partial charge in [-0.05, 0) is 29.8 Å². The zero-order valence-electron chi connectivity index (χ0n) is 13.0. The topological polar surface area (TPSA) is 12.5 Å². The largest absolute Gasteiger partial charge is 0.497 e. The number of methoxy groups -OCH3 is 1. The number of nitrogens with zero attached hydrogens (tertiary/aromatic N) is 1. The molecule has 0 N–H and O–H groups in total. The third-order valence-corrected chi connectivity index (χ3v) is 3.45. The summed E-state index contributed by atoms with van der Waals surface area (Å²) >= 11 is 0. The summed E-state index contributed by atoms with van der Waals surface area (Å²) in [6.45, 7) is 3.97. The molecule has 0 amide bonds. The molecular weight excluding hydrogens is 296 g/mol. The van der Waals surface area contributed by atoms with Crippen LogP contribution >= 0.6 is 0 Å². The zero-order chi connectivity index (χ0) is 16.7. The molecule has 0 aromatic heterocycles. The normalized spacial score (nSPS) is 10.0. The highest BCUT2D eigenvalue weighted by Gasteiger charge is 2.17. The lowest BCUT2D eigenvalue weighted by Crippen LogP contribution is -2.24. The Balaban J connectivity index is 2.35. The van der Waals surface area contributed by atoms with Gasteiger partial charge in [0.2, 0.25) is 0 Å². The lowest BCUT2D eigenvalue weighted by Gasteiger charge is -2.26. The number of rotatable bonds is 7. The van der Waals surface area contributed by atoms with E-state index in [4.69, 9.17) is 4.74 Å². The zero-order valence-corrected chi connectivity index (χ0v) is 13.0. The molecule has 0 bridgehead atoms. The highest BCUT2D eigenvalue weighted by atomic mass is 19.3. The molecule has 0 fully saturated rings. The fraction of sp³-hybridized carbons (Fsp3) is 0.158. The van der Waals surface area contributed by atoms with Crippen LogP contribution in [0.25, 0.3) is 0 Å². The summed E-state index contributed by atoms with van der Waals surface area (Å²) in [5, 5.41) is 0. The summed E-state index contributed by atoms with van der Waals surface area (Å²) in [4.78, 5) is 1.56. The highest BCUT2D eigenvalue weighted by Crippen LogP contribution is 2.27. The number of hydrogen-bond acceptors (Lipinski definition) is 2. The van der Waals surface area contributed by atoms with Crippen molar-refractivity contribution in [3.05, 3.63) is 84.6 Å². The monoisotopic (exact) mass is 315 g/mol. The first kappa shape index (κ1) is 16.7. The third-order valence-electron chi connectivity index (χ3n) is 3.45. The molecule has 4 heteroatoms. The number of allylic oxidation sites excluding steroid dienone is 1. The van der Waals surface area contributed by atoms with Gasteiger partial charge in [-0.3, -0.25) is 0 Å².